The van der Waals surface area contributed by atoms with Crippen molar-refractivity contribution in [3.8, 4) is 11.5 Å². The predicted molar refractivity (Wildman–Crippen MR) is 115 cm³/mol. The topological polar surface area (TPSA) is 92.8 Å². The summed E-state index contributed by atoms with van der Waals surface area (Å²) in [6.45, 7) is 1.04. The van der Waals surface area contributed by atoms with Crippen LogP contribution in [-0.2, 0) is 13.0 Å². The average molecular weight is 431 g/mol. The van der Waals surface area contributed by atoms with Gasteiger partial charge in [0.25, 0.3) is 5.91 Å². The number of anilines is 1. The number of fused-ring (bicyclic) bond motifs is 1. The normalized spacial score (nSPS) is 16.1. The summed E-state index contributed by atoms with van der Waals surface area (Å²) in [6, 6.07) is 5.22. The van der Waals surface area contributed by atoms with Gasteiger partial charge >= 0.3 is 6.03 Å². The van der Waals surface area contributed by atoms with Gasteiger partial charge < -0.3 is 19.7 Å². The minimum atomic E-state index is -0.204. The molecule has 160 valence electrons. The molecule has 3 amide bonds. The fraction of sp³-hybridized carbons (Fsp3) is 0.476. The van der Waals surface area contributed by atoms with Gasteiger partial charge in [-0.2, -0.15) is 0 Å². The number of nitrogens with one attached hydrogen (secondary N) is 2. The molecule has 8 nitrogen and oxygen atoms in total. The Kier molecular flexibility index (Phi) is 6.08. The zero-order chi connectivity index (χ0) is 21.1. The number of carbonyl (C=O) groups is 2. The van der Waals surface area contributed by atoms with Gasteiger partial charge in [-0.1, -0.05) is 24.2 Å². The summed E-state index contributed by atoms with van der Waals surface area (Å²) in [5.74, 6) is 1.07. The Labute approximate surface area is 179 Å². The zero-order valence-electron chi connectivity index (χ0n) is 17.2. The molecule has 0 saturated heterocycles. The quantitative estimate of drug-likeness (QED) is 0.758. The van der Waals surface area contributed by atoms with Crippen LogP contribution in [0.3, 0.4) is 0 Å². The van der Waals surface area contributed by atoms with Crippen molar-refractivity contribution in [2.24, 2.45) is 0 Å². The first-order valence-corrected chi connectivity index (χ1v) is 11.0. The maximum absolute atomic E-state index is 13.0. The van der Waals surface area contributed by atoms with E-state index in [0.717, 1.165) is 23.4 Å². The van der Waals surface area contributed by atoms with Crippen molar-refractivity contribution in [2.45, 2.75) is 44.7 Å². The molecule has 1 fully saturated rings. The Morgan fingerprint density at radius 3 is 2.50 bits per heavy atom. The van der Waals surface area contributed by atoms with Crippen LogP contribution in [0.5, 0.6) is 11.5 Å². The third-order valence-corrected chi connectivity index (χ3v) is 6.53. The third-order valence-electron chi connectivity index (χ3n) is 5.53. The highest BCUT2D eigenvalue weighted by molar-refractivity contribution is 7.15. The Balaban J connectivity index is 1.42. The number of methoxy groups -OCH3 is 2. The molecule has 0 unspecified atom stereocenters. The van der Waals surface area contributed by atoms with Crippen LogP contribution in [0.2, 0.25) is 0 Å². The Hall–Kier alpha value is -2.81. The van der Waals surface area contributed by atoms with E-state index in [-0.39, 0.29) is 18.0 Å². The van der Waals surface area contributed by atoms with Crippen molar-refractivity contribution < 1.29 is 19.1 Å². The first kappa shape index (κ1) is 20.5. The average Bonchev–Trinajstić information content (AvgIpc) is 3.41. The number of aromatic nitrogens is 1. The van der Waals surface area contributed by atoms with Crippen LogP contribution in [-0.4, -0.2) is 48.6 Å². The van der Waals surface area contributed by atoms with Crippen molar-refractivity contribution in [1.29, 1.82) is 0 Å². The van der Waals surface area contributed by atoms with E-state index < -0.39 is 0 Å². The number of hydrogen-bond donors (Lipinski definition) is 2. The number of urea groups is 1. The van der Waals surface area contributed by atoms with Crippen molar-refractivity contribution in [2.75, 3.05) is 26.1 Å². The Morgan fingerprint density at radius 1 is 1.13 bits per heavy atom. The maximum Gasteiger partial charge on any atom is 0.321 e. The lowest BCUT2D eigenvalue weighted by Gasteiger charge is -2.26. The Morgan fingerprint density at radius 2 is 1.83 bits per heavy atom. The summed E-state index contributed by atoms with van der Waals surface area (Å²) in [4.78, 5) is 32.6. The number of nitrogens with zero attached hydrogens (tertiary/aromatic N) is 2. The second-order valence-electron chi connectivity index (χ2n) is 7.55. The summed E-state index contributed by atoms with van der Waals surface area (Å²) in [7, 11) is 3.12. The molecular weight excluding hydrogens is 404 g/mol. The molecule has 2 aromatic rings. The van der Waals surface area contributed by atoms with Gasteiger partial charge in [-0.05, 0) is 25.0 Å². The largest absolute Gasteiger partial charge is 0.497 e. The van der Waals surface area contributed by atoms with E-state index in [2.05, 4.69) is 15.6 Å². The van der Waals surface area contributed by atoms with Crippen molar-refractivity contribution in [3.63, 3.8) is 0 Å². The van der Waals surface area contributed by atoms with Crippen molar-refractivity contribution in [3.05, 3.63) is 34.3 Å². The Bertz CT molecular complexity index is 917. The summed E-state index contributed by atoms with van der Waals surface area (Å²) >= 11 is 1.43. The molecule has 0 bridgehead atoms. The maximum atomic E-state index is 13.0. The molecule has 30 heavy (non-hydrogen) atoms. The van der Waals surface area contributed by atoms with Crippen molar-refractivity contribution in [1.82, 2.24) is 15.2 Å². The molecule has 1 aliphatic heterocycles. The van der Waals surface area contributed by atoms with Crippen LogP contribution < -0.4 is 20.1 Å². The number of hydrogen-bond acceptors (Lipinski definition) is 6. The number of carbonyl (C=O) groups excluding carboxylic acids is 2. The van der Waals surface area contributed by atoms with Gasteiger partial charge in [0.1, 0.15) is 11.5 Å². The fourth-order valence-corrected chi connectivity index (χ4v) is 4.94. The van der Waals surface area contributed by atoms with Gasteiger partial charge in [-0.15, -0.1) is 0 Å². The summed E-state index contributed by atoms with van der Waals surface area (Å²) in [5.41, 5.74) is 1.47. The molecule has 2 N–H and O–H groups in total. The molecule has 1 aliphatic carbocycles. The lowest BCUT2D eigenvalue weighted by atomic mass is 10.1. The van der Waals surface area contributed by atoms with E-state index in [0.29, 0.717) is 41.7 Å². The van der Waals surface area contributed by atoms with Crippen LogP contribution in [0, 0.1) is 0 Å². The first-order valence-electron chi connectivity index (χ1n) is 10.1. The summed E-state index contributed by atoms with van der Waals surface area (Å²) in [5, 5.41) is 6.44. The molecule has 9 heteroatoms. The third kappa shape index (κ3) is 4.51. The molecule has 2 aliphatic rings. The van der Waals surface area contributed by atoms with E-state index in [1.54, 1.807) is 37.3 Å². The van der Waals surface area contributed by atoms with E-state index >= 15 is 0 Å². The smallest absolute Gasteiger partial charge is 0.321 e. The molecule has 0 spiro atoms. The van der Waals surface area contributed by atoms with Gasteiger partial charge in [-0.3, -0.25) is 10.1 Å². The highest BCUT2D eigenvalue weighted by Gasteiger charge is 2.26. The number of thiazole rings is 1. The molecule has 1 aromatic carbocycles. The van der Waals surface area contributed by atoms with Gasteiger partial charge in [0.2, 0.25) is 0 Å². The summed E-state index contributed by atoms with van der Waals surface area (Å²) < 4.78 is 10.5. The number of rotatable bonds is 5. The van der Waals surface area contributed by atoms with Gasteiger partial charge in [-0.25, -0.2) is 9.78 Å². The van der Waals surface area contributed by atoms with E-state index in [1.807, 2.05) is 0 Å². The highest BCUT2D eigenvalue weighted by atomic mass is 32.1. The van der Waals surface area contributed by atoms with Crippen LogP contribution in [0.15, 0.2) is 18.2 Å². The van der Waals surface area contributed by atoms with Crippen LogP contribution in [0.25, 0.3) is 0 Å². The monoisotopic (exact) mass is 430 g/mol. The highest BCUT2D eigenvalue weighted by Crippen LogP contribution is 2.30. The molecule has 4 rings (SSSR count). The molecule has 0 radical (unpaired) electrons. The van der Waals surface area contributed by atoms with E-state index in [9.17, 15) is 9.59 Å². The van der Waals surface area contributed by atoms with Gasteiger partial charge in [0.15, 0.2) is 5.13 Å². The molecular formula is C21H26N4O4S. The minimum absolute atomic E-state index is 0.0836. The van der Waals surface area contributed by atoms with E-state index in [4.69, 9.17) is 9.47 Å². The zero-order valence-corrected chi connectivity index (χ0v) is 18.0. The van der Waals surface area contributed by atoms with Crippen molar-refractivity contribution >= 4 is 28.4 Å². The molecule has 2 heterocycles. The minimum Gasteiger partial charge on any atom is -0.497 e. The number of amides is 3. The van der Waals surface area contributed by atoms with E-state index in [1.165, 1.54) is 24.2 Å². The fourth-order valence-electron chi connectivity index (χ4n) is 3.92. The standard InChI is InChI=1S/C21H26N4O4S/c1-28-15-9-13(10-16(11-15)29-2)19(26)25-8-7-17-18(12-25)30-21(23-17)24-20(27)22-14-5-3-4-6-14/h9-11,14H,3-8,12H2,1-2H3,(H2,22,23,24,27). The van der Waals surface area contributed by atoms with Crippen LogP contribution in [0.4, 0.5) is 9.93 Å². The lowest BCUT2D eigenvalue weighted by Crippen LogP contribution is -2.36. The van der Waals surface area contributed by atoms with Gasteiger partial charge in [0, 0.05) is 35.5 Å². The predicted octanol–water partition coefficient (Wildman–Crippen LogP) is 3.42. The lowest BCUT2D eigenvalue weighted by molar-refractivity contribution is 0.0735. The molecule has 0 atom stereocenters. The summed E-state index contributed by atoms with van der Waals surface area (Å²) in [6.07, 6.45) is 5.06. The second kappa shape index (κ2) is 8.91. The van der Waals surface area contributed by atoms with Crippen LogP contribution >= 0.6 is 11.3 Å². The van der Waals surface area contributed by atoms with Crippen LogP contribution in [0.1, 0.15) is 46.6 Å². The molecule has 1 saturated carbocycles. The first-order chi connectivity index (χ1) is 14.6. The SMILES string of the molecule is COc1cc(OC)cc(C(=O)N2CCc3nc(NC(=O)NC4CCCC4)sc3C2)c1. The number of ether oxygens (including phenoxy) is 2. The second-order valence-corrected chi connectivity index (χ2v) is 8.63. The molecule has 1 aromatic heterocycles. The van der Waals surface area contributed by atoms with Gasteiger partial charge in [0.05, 0.1) is 26.5 Å². The number of benzene rings is 1.